The van der Waals surface area contributed by atoms with Gasteiger partial charge in [-0.1, -0.05) is 12.5 Å². The maximum absolute atomic E-state index is 13.1. The molecule has 2 heterocycles. The number of rotatable bonds is 3. The van der Waals surface area contributed by atoms with Crippen molar-refractivity contribution in [1.29, 1.82) is 0 Å². The first-order valence-corrected chi connectivity index (χ1v) is 10.9. The van der Waals surface area contributed by atoms with E-state index in [0.29, 0.717) is 18.7 Å². The normalized spacial score (nSPS) is 27.1. The molecule has 1 amide bonds. The molecule has 0 spiro atoms. The van der Waals surface area contributed by atoms with Gasteiger partial charge in [-0.25, -0.2) is 8.42 Å². The van der Waals surface area contributed by atoms with Gasteiger partial charge < -0.3 is 10.2 Å². The van der Waals surface area contributed by atoms with Gasteiger partial charge in [-0.15, -0.1) is 12.4 Å². The van der Waals surface area contributed by atoms with Crippen molar-refractivity contribution in [2.45, 2.75) is 63.1 Å². The molecule has 8 heteroatoms. The first-order valence-electron chi connectivity index (χ1n) is 9.48. The van der Waals surface area contributed by atoms with Crippen LogP contribution in [0.15, 0.2) is 29.2 Å². The average molecular weight is 416 g/mol. The minimum absolute atomic E-state index is 0. The van der Waals surface area contributed by atoms with Gasteiger partial charge in [0.15, 0.2) is 0 Å². The molecule has 1 N–H and O–H groups in total. The van der Waals surface area contributed by atoms with E-state index < -0.39 is 10.0 Å². The molecular weight excluding hydrogens is 386 g/mol. The fourth-order valence-electron chi connectivity index (χ4n) is 3.86. The van der Waals surface area contributed by atoms with Crippen molar-refractivity contribution in [1.82, 2.24) is 14.5 Å². The molecule has 1 aromatic rings. The number of piperidine rings is 1. The summed E-state index contributed by atoms with van der Waals surface area (Å²) in [5.74, 6) is -0.102. The summed E-state index contributed by atoms with van der Waals surface area (Å²) in [6.07, 6.45) is 2.83. The van der Waals surface area contributed by atoms with E-state index in [0.717, 1.165) is 25.8 Å². The zero-order valence-corrected chi connectivity index (χ0v) is 17.9. The number of amides is 1. The van der Waals surface area contributed by atoms with E-state index in [-0.39, 0.29) is 41.3 Å². The van der Waals surface area contributed by atoms with Crippen molar-refractivity contribution in [3.05, 3.63) is 29.8 Å². The Morgan fingerprint density at radius 3 is 2.59 bits per heavy atom. The molecule has 2 saturated heterocycles. The second kappa shape index (κ2) is 8.90. The summed E-state index contributed by atoms with van der Waals surface area (Å²) in [6.45, 7) is 7.96. The third kappa shape index (κ3) is 4.47. The fraction of sp³-hybridized carbons (Fsp3) is 0.632. The van der Waals surface area contributed by atoms with Crippen LogP contribution in [0.1, 0.15) is 50.4 Å². The third-order valence-corrected chi connectivity index (χ3v) is 7.73. The largest absolute Gasteiger partial charge is 0.333 e. The van der Waals surface area contributed by atoms with Crippen LogP contribution >= 0.6 is 12.4 Å². The van der Waals surface area contributed by atoms with Crippen molar-refractivity contribution in [2.24, 2.45) is 0 Å². The zero-order chi connectivity index (χ0) is 18.9. The van der Waals surface area contributed by atoms with Crippen molar-refractivity contribution in [2.75, 3.05) is 19.6 Å². The summed E-state index contributed by atoms with van der Waals surface area (Å²) >= 11 is 0. The molecule has 152 valence electrons. The van der Waals surface area contributed by atoms with Gasteiger partial charge in [0.1, 0.15) is 0 Å². The fourth-order valence-corrected chi connectivity index (χ4v) is 5.61. The smallest absolute Gasteiger partial charge is 0.254 e. The maximum atomic E-state index is 13.1. The lowest BCUT2D eigenvalue weighted by molar-refractivity contribution is 0.0602. The number of carbonyl (C=O) groups excluding carboxylic acids is 1. The monoisotopic (exact) mass is 415 g/mol. The number of nitrogens with one attached hydrogen (secondary N) is 1. The Bertz CT molecular complexity index is 771. The molecule has 1 aromatic carbocycles. The summed E-state index contributed by atoms with van der Waals surface area (Å²) in [6, 6.07) is 6.80. The molecule has 0 aromatic heterocycles. The molecular formula is C19H30ClN3O3S. The molecule has 0 radical (unpaired) electrons. The van der Waals surface area contributed by atoms with Crippen LogP contribution < -0.4 is 5.32 Å². The first kappa shape index (κ1) is 22.1. The van der Waals surface area contributed by atoms with Crippen molar-refractivity contribution >= 4 is 28.3 Å². The van der Waals surface area contributed by atoms with Gasteiger partial charge in [-0.3, -0.25) is 4.79 Å². The van der Waals surface area contributed by atoms with Crippen LogP contribution in [-0.4, -0.2) is 61.3 Å². The molecule has 2 aliphatic rings. The summed E-state index contributed by atoms with van der Waals surface area (Å²) in [7, 11) is -3.57. The van der Waals surface area contributed by atoms with Gasteiger partial charge in [0.2, 0.25) is 10.0 Å². The molecule has 3 unspecified atom stereocenters. The maximum Gasteiger partial charge on any atom is 0.254 e. The van der Waals surface area contributed by atoms with Crippen LogP contribution in [0, 0.1) is 0 Å². The Labute approximate surface area is 168 Å². The molecule has 0 saturated carbocycles. The number of hydrogen-bond donors (Lipinski definition) is 1. The molecule has 3 rings (SSSR count). The standard InChI is InChI=1S/C19H29N3O3S.ClH/c1-14-7-4-5-11-22(14)26(24,25)18-9-6-8-17(13-18)19(23)21-12-10-20-15(2)16(21)3;/h6,8-9,13-16,20H,4-5,7,10-12H2,1-3H3;1H. The molecule has 2 fully saturated rings. The van der Waals surface area contributed by atoms with Gasteiger partial charge in [0.25, 0.3) is 5.91 Å². The highest BCUT2D eigenvalue weighted by molar-refractivity contribution is 7.89. The molecule has 3 atom stereocenters. The SMILES string of the molecule is CC1NCCN(C(=O)c2cccc(S(=O)(=O)N3CCCCC3C)c2)C1C.Cl. The second-order valence-corrected chi connectivity index (χ2v) is 9.36. The van der Waals surface area contributed by atoms with E-state index >= 15 is 0 Å². The highest BCUT2D eigenvalue weighted by atomic mass is 35.5. The molecule has 2 aliphatic heterocycles. The molecule has 0 bridgehead atoms. The minimum atomic E-state index is -3.57. The van der Waals surface area contributed by atoms with Gasteiger partial charge in [-0.05, 0) is 51.8 Å². The molecule has 27 heavy (non-hydrogen) atoms. The molecule has 0 aliphatic carbocycles. The Kier molecular flexibility index (Phi) is 7.30. The van der Waals surface area contributed by atoms with E-state index in [4.69, 9.17) is 0 Å². The Hall–Kier alpha value is -1.15. The molecule has 6 nitrogen and oxygen atoms in total. The zero-order valence-electron chi connectivity index (χ0n) is 16.2. The van der Waals surface area contributed by atoms with E-state index in [9.17, 15) is 13.2 Å². The van der Waals surface area contributed by atoms with Crippen LogP contribution in [0.5, 0.6) is 0 Å². The Balaban J connectivity index is 0.00000261. The summed E-state index contributed by atoms with van der Waals surface area (Å²) < 4.78 is 27.7. The first-order chi connectivity index (χ1) is 12.3. The van der Waals surface area contributed by atoms with Gasteiger partial charge in [-0.2, -0.15) is 4.31 Å². The van der Waals surface area contributed by atoms with E-state index in [1.807, 2.05) is 18.7 Å². The highest BCUT2D eigenvalue weighted by Crippen LogP contribution is 2.26. The predicted molar refractivity (Wildman–Crippen MR) is 109 cm³/mol. The number of nitrogens with zero attached hydrogens (tertiary/aromatic N) is 2. The van der Waals surface area contributed by atoms with Crippen LogP contribution in [0.4, 0.5) is 0 Å². The average Bonchev–Trinajstić information content (AvgIpc) is 2.64. The van der Waals surface area contributed by atoms with E-state index in [2.05, 4.69) is 12.2 Å². The van der Waals surface area contributed by atoms with Crippen molar-refractivity contribution in [3.8, 4) is 0 Å². The summed E-state index contributed by atoms with van der Waals surface area (Å²) in [5, 5.41) is 3.36. The lowest BCUT2D eigenvalue weighted by Crippen LogP contribution is -2.57. The van der Waals surface area contributed by atoms with Crippen LogP contribution in [0.3, 0.4) is 0 Å². The summed E-state index contributed by atoms with van der Waals surface area (Å²) in [4.78, 5) is 15.0. The van der Waals surface area contributed by atoms with Crippen LogP contribution in [-0.2, 0) is 10.0 Å². The van der Waals surface area contributed by atoms with Crippen molar-refractivity contribution < 1.29 is 13.2 Å². The Morgan fingerprint density at radius 2 is 1.89 bits per heavy atom. The van der Waals surface area contributed by atoms with E-state index in [1.165, 1.54) is 0 Å². The lowest BCUT2D eigenvalue weighted by Gasteiger charge is -2.38. The lowest BCUT2D eigenvalue weighted by atomic mass is 10.1. The van der Waals surface area contributed by atoms with Crippen LogP contribution in [0.25, 0.3) is 0 Å². The van der Waals surface area contributed by atoms with Gasteiger partial charge in [0, 0.05) is 43.3 Å². The van der Waals surface area contributed by atoms with Crippen molar-refractivity contribution in [3.63, 3.8) is 0 Å². The number of hydrogen-bond acceptors (Lipinski definition) is 4. The van der Waals surface area contributed by atoms with Gasteiger partial charge in [0.05, 0.1) is 4.90 Å². The predicted octanol–water partition coefficient (Wildman–Crippen LogP) is 2.49. The number of halogens is 1. The van der Waals surface area contributed by atoms with E-state index in [1.54, 1.807) is 28.6 Å². The van der Waals surface area contributed by atoms with Crippen LogP contribution in [0.2, 0.25) is 0 Å². The number of sulfonamides is 1. The minimum Gasteiger partial charge on any atom is -0.333 e. The van der Waals surface area contributed by atoms with Gasteiger partial charge >= 0.3 is 0 Å². The summed E-state index contributed by atoms with van der Waals surface area (Å²) in [5.41, 5.74) is 0.441. The number of piperazine rings is 1. The number of carbonyl (C=O) groups is 1. The third-order valence-electron chi connectivity index (χ3n) is 5.72. The quantitative estimate of drug-likeness (QED) is 0.823. The topological polar surface area (TPSA) is 69.7 Å². The second-order valence-electron chi connectivity index (χ2n) is 7.47. The number of benzene rings is 1. The highest BCUT2D eigenvalue weighted by Gasteiger charge is 2.33. The Morgan fingerprint density at radius 1 is 1.15 bits per heavy atom.